The van der Waals surface area contributed by atoms with E-state index in [1.165, 1.54) is 11.1 Å². The van der Waals surface area contributed by atoms with Gasteiger partial charge in [-0.1, -0.05) is 55.8 Å². The fourth-order valence-electron chi connectivity index (χ4n) is 3.83. The van der Waals surface area contributed by atoms with Crippen LogP contribution >= 0.6 is 0 Å². The van der Waals surface area contributed by atoms with Gasteiger partial charge in [-0.15, -0.1) is 0 Å². The number of unbranched alkanes of at least 4 members (excludes halogenated alkanes) is 1. The number of nitrogen functional groups attached to an aromatic ring is 1. The molecule has 3 N–H and O–H groups in total. The van der Waals surface area contributed by atoms with E-state index in [9.17, 15) is 0 Å². The lowest BCUT2D eigenvalue weighted by molar-refractivity contribution is 0.690. The Balaban J connectivity index is 1.90. The van der Waals surface area contributed by atoms with Crippen molar-refractivity contribution in [3.8, 4) is 0 Å². The number of aromatic nitrogens is 3. The summed E-state index contributed by atoms with van der Waals surface area (Å²) in [4.78, 5) is 9.50. The van der Waals surface area contributed by atoms with Crippen LogP contribution in [-0.4, -0.2) is 21.6 Å². The van der Waals surface area contributed by atoms with Gasteiger partial charge >= 0.3 is 0 Å². The average Bonchev–Trinajstić information content (AvgIpc) is 3.06. The molecule has 0 atom stereocenters. The number of aryl methyl sites for hydroxylation is 1. The van der Waals surface area contributed by atoms with Crippen molar-refractivity contribution in [1.29, 1.82) is 0 Å². The quantitative estimate of drug-likeness (QED) is 0.507. The van der Waals surface area contributed by atoms with Crippen molar-refractivity contribution in [1.82, 2.24) is 19.9 Å². The van der Waals surface area contributed by atoms with Crippen molar-refractivity contribution in [3.05, 3.63) is 65.5 Å². The lowest BCUT2D eigenvalue weighted by Crippen LogP contribution is -2.08. The zero-order chi connectivity index (χ0) is 19.5. The predicted molar refractivity (Wildman–Crippen MR) is 116 cm³/mol. The minimum Gasteiger partial charge on any atom is -0.382 e. The van der Waals surface area contributed by atoms with Crippen LogP contribution in [0.4, 0.5) is 5.82 Å². The first-order valence-corrected chi connectivity index (χ1v) is 9.97. The van der Waals surface area contributed by atoms with Crippen LogP contribution in [0.3, 0.4) is 0 Å². The number of pyridine rings is 1. The topological polar surface area (TPSA) is 68.8 Å². The molecule has 0 unspecified atom stereocenters. The summed E-state index contributed by atoms with van der Waals surface area (Å²) < 4.78 is 2.34. The Kier molecular flexibility index (Phi) is 5.26. The molecule has 0 saturated carbocycles. The van der Waals surface area contributed by atoms with Gasteiger partial charge < -0.3 is 15.6 Å². The van der Waals surface area contributed by atoms with Gasteiger partial charge in [-0.2, -0.15) is 0 Å². The first-order valence-electron chi connectivity index (χ1n) is 9.97. The van der Waals surface area contributed by atoms with E-state index in [1.807, 2.05) is 19.2 Å². The summed E-state index contributed by atoms with van der Waals surface area (Å²) in [6.45, 7) is 3.85. The number of nitrogens with one attached hydrogen (secondary N) is 1. The molecule has 5 nitrogen and oxygen atoms in total. The largest absolute Gasteiger partial charge is 0.382 e. The normalized spacial score (nSPS) is 11.5. The molecule has 2 aromatic carbocycles. The molecule has 144 valence electrons. The smallest absolute Gasteiger partial charge is 0.152 e. The third kappa shape index (κ3) is 3.45. The number of rotatable bonds is 7. The third-order valence-electron chi connectivity index (χ3n) is 5.16. The molecule has 0 fully saturated rings. The first kappa shape index (κ1) is 18.4. The number of hydrogen-bond donors (Lipinski definition) is 2. The Hall–Kier alpha value is -2.92. The van der Waals surface area contributed by atoms with Crippen molar-refractivity contribution in [2.75, 3.05) is 12.8 Å². The number of nitrogens with two attached hydrogens (primary N) is 1. The fraction of sp³-hybridized carbons (Fsp3) is 0.304. The standard InChI is InChI=1S/C23H27N5/c1-3-4-12-20-27-21-22(18-10-5-6-11-19(18)26-23(21)24)28(20)15-17-9-7-8-16(13-17)14-25-2/h5-11,13,25H,3-4,12,14-15H2,1-2H3,(H2,24,26). The van der Waals surface area contributed by atoms with Gasteiger partial charge in [0.2, 0.25) is 0 Å². The molecule has 5 heteroatoms. The van der Waals surface area contributed by atoms with Crippen molar-refractivity contribution in [3.63, 3.8) is 0 Å². The number of benzene rings is 2. The maximum Gasteiger partial charge on any atom is 0.152 e. The van der Waals surface area contributed by atoms with Crippen molar-refractivity contribution in [2.45, 2.75) is 39.3 Å². The molecule has 0 saturated heterocycles. The minimum absolute atomic E-state index is 0.508. The van der Waals surface area contributed by atoms with E-state index < -0.39 is 0 Å². The molecule has 2 aromatic heterocycles. The zero-order valence-corrected chi connectivity index (χ0v) is 16.6. The highest BCUT2D eigenvalue weighted by Gasteiger charge is 2.17. The number of imidazole rings is 1. The molecule has 0 spiro atoms. The van der Waals surface area contributed by atoms with Crippen LogP contribution in [0.5, 0.6) is 0 Å². The van der Waals surface area contributed by atoms with Gasteiger partial charge in [0.25, 0.3) is 0 Å². The van der Waals surface area contributed by atoms with E-state index in [1.54, 1.807) is 0 Å². The third-order valence-corrected chi connectivity index (χ3v) is 5.16. The highest BCUT2D eigenvalue weighted by atomic mass is 15.1. The van der Waals surface area contributed by atoms with Crippen LogP contribution in [0.2, 0.25) is 0 Å². The van der Waals surface area contributed by atoms with Crippen LogP contribution < -0.4 is 11.1 Å². The van der Waals surface area contributed by atoms with E-state index in [0.29, 0.717) is 5.82 Å². The van der Waals surface area contributed by atoms with E-state index in [2.05, 4.69) is 58.2 Å². The summed E-state index contributed by atoms with van der Waals surface area (Å²) in [5.74, 6) is 1.59. The zero-order valence-electron chi connectivity index (χ0n) is 16.6. The monoisotopic (exact) mass is 373 g/mol. The van der Waals surface area contributed by atoms with Gasteiger partial charge in [0.05, 0.1) is 11.0 Å². The molecular formula is C23H27N5. The molecule has 2 heterocycles. The maximum atomic E-state index is 6.30. The highest BCUT2D eigenvalue weighted by molar-refractivity contribution is 6.06. The van der Waals surface area contributed by atoms with Gasteiger partial charge in [-0.3, -0.25) is 0 Å². The summed E-state index contributed by atoms with van der Waals surface area (Å²) in [5.41, 5.74) is 11.7. The Morgan fingerprint density at radius 2 is 1.86 bits per heavy atom. The van der Waals surface area contributed by atoms with Crippen LogP contribution in [0.15, 0.2) is 48.5 Å². The second-order valence-corrected chi connectivity index (χ2v) is 7.28. The second kappa shape index (κ2) is 7.98. The van der Waals surface area contributed by atoms with E-state index >= 15 is 0 Å². The molecule has 4 aromatic rings. The Bertz CT molecular complexity index is 1110. The summed E-state index contributed by atoms with van der Waals surface area (Å²) in [6, 6.07) is 16.9. The average molecular weight is 374 g/mol. The number of anilines is 1. The molecular weight excluding hydrogens is 346 g/mol. The molecule has 0 radical (unpaired) electrons. The lowest BCUT2D eigenvalue weighted by atomic mass is 10.1. The SMILES string of the molecule is CCCCc1nc2c(N)nc3ccccc3c2n1Cc1cccc(CNC)c1. The lowest BCUT2D eigenvalue weighted by Gasteiger charge is -2.12. The molecule has 0 amide bonds. The van der Waals surface area contributed by atoms with E-state index in [0.717, 1.165) is 60.1 Å². The van der Waals surface area contributed by atoms with Gasteiger partial charge in [0, 0.05) is 24.9 Å². The number of nitrogens with zero attached hydrogens (tertiary/aromatic N) is 3. The predicted octanol–water partition coefficient (Wildman–Crippen LogP) is 4.28. The number of fused-ring (bicyclic) bond motifs is 3. The highest BCUT2D eigenvalue weighted by Crippen LogP contribution is 2.30. The molecule has 28 heavy (non-hydrogen) atoms. The minimum atomic E-state index is 0.508. The molecule has 0 aliphatic rings. The van der Waals surface area contributed by atoms with Gasteiger partial charge in [-0.05, 0) is 30.7 Å². The van der Waals surface area contributed by atoms with Crippen LogP contribution in [-0.2, 0) is 19.5 Å². The second-order valence-electron chi connectivity index (χ2n) is 7.28. The molecule has 0 aliphatic heterocycles. The van der Waals surface area contributed by atoms with Gasteiger partial charge in [0.15, 0.2) is 5.82 Å². The van der Waals surface area contributed by atoms with Gasteiger partial charge in [0.1, 0.15) is 11.3 Å². The Morgan fingerprint density at radius 1 is 1.04 bits per heavy atom. The number of hydrogen-bond acceptors (Lipinski definition) is 4. The maximum absolute atomic E-state index is 6.30. The molecule has 0 bridgehead atoms. The van der Waals surface area contributed by atoms with Crippen molar-refractivity contribution >= 4 is 27.8 Å². The first-order chi connectivity index (χ1) is 13.7. The van der Waals surface area contributed by atoms with Crippen LogP contribution in [0.1, 0.15) is 36.7 Å². The molecule has 0 aliphatic carbocycles. The summed E-state index contributed by atoms with van der Waals surface area (Å²) in [5, 5.41) is 4.33. The molecule has 4 rings (SSSR count). The Labute approximate surface area is 165 Å². The van der Waals surface area contributed by atoms with Gasteiger partial charge in [-0.25, -0.2) is 9.97 Å². The van der Waals surface area contributed by atoms with E-state index in [4.69, 9.17) is 10.7 Å². The summed E-state index contributed by atoms with van der Waals surface area (Å²) in [7, 11) is 1.97. The summed E-state index contributed by atoms with van der Waals surface area (Å²) in [6.07, 6.45) is 3.18. The van der Waals surface area contributed by atoms with Crippen LogP contribution in [0, 0.1) is 0 Å². The Morgan fingerprint density at radius 3 is 2.68 bits per heavy atom. The van der Waals surface area contributed by atoms with E-state index in [-0.39, 0.29) is 0 Å². The summed E-state index contributed by atoms with van der Waals surface area (Å²) >= 11 is 0. The fourth-order valence-corrected chi connectivity index (χ4v) is 3.83. The van der Waals surface area contributed by atoms with Crippen molar-refractivity contribution in [2.24, 2.45) is 0 Å². The number of para-hydroxylation sites is 1. The van der Waals surface area contributed by atoms with Crippen molar-refractivity contribution < 1.29 is 0 Å². The van der Waals surface area contributed by atoms with Crippen LogP contribution in [0.25, 0.3) is 21.9 Å².